The molecule has 0 spiro atoms. The molecule has 0 saturated heterocycles. The topological polar surface area (TPSA) is 98.7 Å². The summed E-state index contributed by atoms with van der Waals surface area (Å²) in [5.74, 6) is 6.46. The summed E-state index contributed by atoms with van der Waals surface area (Å²) in [7, 11) is 0. The highest BCUT2D eigenvalue weighted by Gasteiger charge is 2.17. The molecule has 2 aromatic carbocycles. The highest BCUT2D eigenvalue weighted by molar-refractivity contribution is 7.99. The second-order valence-electron chi connectivity index (χ2n) is 6.28. The van der Waals surface area contributed by atoms with Gasteiger partial charge in [0.05, 0.1) is 16.5 Å². The van der Waals surface area contributed by atoms with Crippen LogP contribution in [-0.4, -0.2) is 31.5 Å². The molecule has 0 bridgehead atoms. The van der Waals surface area contributed by atoms with Gasteiger partial charge >= 0.3 is 0 Å². The van der Waals surface area contributed by atoms with Crippen molar-refractivity contribution in [3.63, 3.8) is 0 Å². The van der Waals surface area contributed by atoms with Crippen LogP contribution in [0.1, 0.15) is 4.88 Å². The molecule has 0 aliphatic heterocycles. The maximum atomic E-state index is 12.4. The van der Waals surface area contributed by atoms with Crippen LogP contribution in [0.25, 0.3) is 22.6 Å². The van der Waals surface area contributed by atoms with Gasteiger partial charge < -0.3 is 11.2 Å². The molecule has 30 heavy (non-hydrogen) atoms. The fourth-order valence-corrected chi connectivity index (χ4v) is 4.53. The number of nitrogens with two attached hydrogens (primary N) is 1. The quantitative estimate of drug-likeness (QED) is 0.328. The molecule has 0 fully saturated rings. The lowest BCUT2D eigenvalue weighted by Gasteiger charge is -2.05. The van der Waals surface area contributed by atoms with E-state index in [0.29, 0.717) is 26.7 Å². The predicted molar refractivity (Wildman–Crippen MR) is 122 cm³/mol. The fourth-order valence-electron chi connectivity index (χ4n) is 2.80. The van der Waals surface area contributed by atoms with Gasteiger partial charge in [0, 0.05) is 16.0 Å². The largest absolute Gasteiger partial charge is 0.335 e. The SMILES string of the molecule is Cc1sc(NC(=O)CSc2nnc(-c3ccccc3Cl)n2N)nc1-c1ccccc1. The number of aryl methyl sites for hydroxylation is 1. The molecule has 3 N–H and O–H groups in total. The number of amides is 1. The van der Waals surface area contributed by atoms with E-state index >= 15 is 0 Å². The molecule has 7 nitrogen and oxygen atoms in total. The summed E-state index contributed by atoms with van der Waals surface area (Å²) >= 11 is 8.83. The van der Waals surface area contributed by atoms with Crippen molar-refractivity contribution >= 4 is 45.7 Å². The molecular formula is C20H17ClN6OS2. The first-order valence-electron chi connectivity index (χ1n) is 8.94. The van der Waals surface area contributed by atoms with Gasteiger partial charge in [-0.25, -0.2) is 9.66 Å². The number of benzene rings is 2. The van der Waals surface area contributed by atoms with Crippen LogP contribution in [0.4, 0.5) is 5.13 Å². The first-order chi connectivity index (χ1) is 14.5. The lowest BCUT2D eigenvalue weighted by Crippen LogP contribution is -2.16. The number of carbonyl (C=O) groups excluding carboxylic acids is 1. The molecule has 0 radical (unpaired) electrons. The number of thiazole rings is 1. The maximum Gasteiger partial charge on any atom is 0.236 e. The zero-order chi connectivity index (χ0) is 21.1. The number of rotatable bonds is 6. The van der Waals surface area contributed by atoms with Gasteiger partial charge in [0.15, 0.2) is 11.0 Å². The lowest BCUT2D eigenvalue weighted by molar-refractivity contribution is -0.113. The first-order valence-corrected chi connectivity index (χ1v) is 11.1. The molecule has 0 saturated carbocycles. The molecule has 0 aliphatic rings. The Morgan fingerprint density at radius 2 is 1.90 bits per heavy atom. The van der Waals surface area contributed by atoms with Gasteiger partial charge in [0.25, 0.3) is 0 Å². The number of nitrogens with zero attached hydrogens (tertiary/aromatic N) is 4. The van der Waals surface area contributed by atoms with Crippen LogP contribution in [0.2, 0.25) is 5.02 Å². The van der Waals surface area contributed by atoms with Gasteiger partial charge in [-0.3, -0.25) is 4.79 Å². The standard InChI is InChI=1S/C20H17ClN6OS2/c1-12-17(13-7-3-2-4-8-13)24-19(30-12)23-16(28)11-29-20-26-25-18(27(20)22)14-9-5-6-10-15(14)21/h2-10H,11,22H2,1H3,(H,23,24,28). The van der Waals surface area contributed by atoms with Crippen molar-refractivity contribution in [1.82, 2.24) is 19.9 Å². The van der Waals surface area contributed by atoms with Crippen LogP contribution in [0.3, 0.4) is 0 Å². The number of hydrogen-bond acceptors (Lipinski definition) is 7. The van der Waals surface area contributed by atoms with Gasteiger partial charge in [-0.1, -0.05) is 65.8 Å². The minimum atomic E-state index is -0.198. The maximum absolute atomic E-state index is 12.4. The zero-order valence-corrected chi connectivity index (χ0v) is 18.3. The molecule has 0 atom stereocenters. The Labute approximate surface area is 186 Å². The molecule has 10 heteroatoms. The Balaban J connectivity index is 1.41. The number of thioether (sulfide) groups is 1. The van der Waals surface area contributed by atoms with Crippen LogP contribution < -0.4 is 11.2 Å². The minimum absolute atomic E-state index is 0.122. The Kier molecular flexibility index (Phi) is 6.03. The normalized spacial score (nSPS) is 10.9. The summed E-state index contributed by atoms with van der Waals surface area (Å²) in [5.41, 5.74) is 2.57. The van der Waals surface area contributed by atoms with E-state index < -0.39 is 0 Å². The Morgan fingerprint density at radius 3 is 2.67 bits per heavy atom. The van der Waals surface area contributed by atoms with Crippen LogP contribution in [-0.2, 0) is 4.79 Å². The smallest absolute Gasteiger partial charge is 0.236 e. The van der Waals surface area contributed by atoms with E-state index in [9.17, 15) is 4.79 Å². The van der Waals surface area contributed by atoms with Crippen molar-refractivity contribution in [2.45, 2.75) is 12.1 Å². The highest BCUT2D eigenvalue weighted by Crippen LogP contribution is 2.31. The van der Waals surface area contributed by atoms with Crippen LogP contribution in [0.15, 0.2) is 59.8 Å². The molecule has 4 aromatic rings. The third-order valence-corrected chi connectivity index (χ3v) is 6.36. The predicted octanol–water partition coefficient (Wildman–Crippen LogP) is 4.48. The Bertz CT molecular complexity index is 1190. The van der Waals surface area contributed by atoms with E-state index in [1.807, 2.05) is 55.5 Å². The third-order valence-electron chi connectivity index (χ3n) is 4.20. The monoisotopic (exact) mass is 456 g/mol. The average Bonchev–Trinajstić information content (AvgIpc) is 3.29. The molecule has 1 amide bonds. The van der Waals surface area contributed by atoms with Crippen molar-refractivity contribution in [2.75, 3.05) is 16.9 Å². The van der Waals surface area contributed by atoms with Gasteiger partial charge in [0.1, 0.15) is 0 Å². The van der Waals surface area contributed by atoms with Crippen LogP contribution >= 0.6 is 34.7 Å². The van der Waals surface area contributed by atoms with E-state index in [1.165, 1.54) is 27.8 Å². The van der Waals surface area contributed by atoms with Gasteiger partial charge in [-0.05, 0) is 19.1 Å². The summed E-state index contributed by atoms with van der Waals surface area (Å²) in [5, 5.41) is 12.5. The van der Waals surface area contributed by atoms with Crippen molar-refractivity contribution < 1.29 is 4.79 Å². The first kappa shape index (κ1) is 20.4. The fraction of sp³-hybridized carbons (Fsp3) is 0.100. The highest BCUT2D eigenvalue weighted by atomic mass is 35.5. The molecule has 0 unspecified atom stereocenters. The molecule has 4 rings (SSSR count). The molecule has 152 valence electrons. The van der Waals surface area contributed by atoms with Gasteiger partial charge in [0.2, 0.25) is 11.1 Å². The summed E-state index contributed by atoms with van der Waals surface area (Å²) in [6.07, 6.45) is 0. The van der Waals surface area contributed by atoms with E-state index in [-0.39, 0.29) is 11.7 Å². The van der Waals surface area contributed by atoms with Gasteiger partial charge in [-0.2, -0.15) is 0 Å². The number of anilines is 1. The van der Waals surface area contributed by atoms with E-state index in [0.717, 1.165) is 16.1 Å². The second kappa shape index (κ2) is 8.86. The number of hydrogen-bond donors (Lipinski definition) is 2. The van der Waals surface area contributed by atoms with Crippen LogP contribution in [0.5, 0.6) is 0 Å². The van der Waals surface area contributed by atoms with Crippen molar-refractivity contribution in [3.05, 3.63) is 64.5 Å². The summed E-state index contributed by atoms with van der Waals surface area (Å²) in [6, 6.07) is 17.1. The van der Waals surface area contributed by atoms with Crippen LogP contribution in [0, 0.1) is 6.92 Å². The zero-order valence-electron chi connectivity index (χ0n) is 15.9. The Morgan fingerprint density at radius 1 is 1.17 bits per heavy atom. The number of nitrogen functional groups attached to an aromatic ring is 1. The lowest BCUT2D eigenvalue weighted by atomic mass is 10.1. The summed E-state index contributed by atoms with van der Waals surface area (Å²) in [6.45, 7) is 1.98. The Hall–Kier alpha value is -2.88. The number of aromatic nitrogens is 4. The van der Waals surface area contributed by atoms with Gasteiger partial charge in [-0.15, -0.1) is 21.5 Å². The van der Waals surface area contributed by atoms with E-state index in [1.54, 1.807) is 6.07 Å². The third kappa shape index (κ3) is 4.33. The van der Waals surface area contributed by atoms with Crippen molar-refractivity contribution in [3.8, 4) is 22.6 Å². The second-order valence-corrected chi connectivity index (χ2v) is 8.84. The molecule has 0 aliphatic carbocycles. The number of carbonyl (C=O) groups is 1. The molecule has 2 aromatic heterocycles. The average molecular weight is 457 g/mol. The van der Waals surface area contributed by atoms with E-state index in [2.05, 4.69) is 20.5 Å². The molecular weight excluding hydrogens is 440 g/mol. The van der Waals surface area contributed by atoms with Crippen molar-refractivity contribution in [2.24, 2.45) is 0 Å². The number of halogens is 1. The summed E-state index contributed by atoms with van der Waals surface area (Å²) in [4.78, 5) is 18.0. The van der Waals surface area contributed by atoms with Crippen molar-refractivity contribution in [1.29, 1.82) is 0 Å². The number of nitrogens with one attached hydrogen (secondary N) is 1. The molecule has 2 heterocycles. The van der Waals surface area contributed by atoms with E-state index in [4.69, 9.17) is 17.4 Å². The minimum Gasteiger partial charge on any atom is -0.335 e. The summed E-state index contributed by atoms with van der Waals surface area (Å²) < 4.78 is 1.33.